The minimum absolute atomic E-state index is 0.289. The molecular weight excluding hydrogens is 298 g/mol. The zero-order chi connectivity index (χ0) is 15.8. The molecule has 22 heavy (non-hydrogen) atoms. The van der Waals surface area contributed by atoms with Gasteiger partial charge in [-0.15, -0.1) is 0 Å². The van der Waals surface area contributed by atoms with Crippen molar-refractivity contribution in [2.24, 2.45) is 0 Å². The zero-order valence-electron chi connectivity index (χ0n) is 12.1. The van der Waals surface area contributed by atoms with Crippen molar-refractivity contribution in [3.05, 3.63) is 65.7 Å². The van der Waals surface area contributed by atoms with Crippen molar-refractivity contribution in [1.29, 1.82) is 0 Å². The van der Waals surface area contributed by atoms with Crippen LogP contribution in [0.5, 0.6) is 5.75 Å². The van der Waals surface area contributed by atoms with Crippen LogP contribution in [0.15, 0.2) is 54.6 Å². The van der Waals surface area contributed by atoms with Gasteiger partial charge < -0.3 is 10.1 Å². The number of hydrogen-bond acceptors (Lipinski definition) is 3. The summed E-state index contributed by atoms with van der Waals surface area (Å²) < 4.78 is 5.08. The minimum Gasteiger partial charge on any atom is -0.497 e. The smallest absolute Gasteiger partial charge is 0.269 e. The Morgan fingerprint density at radius 2 is 1.86 bits per heavy atom. The number of amides is 1. The lowest BCUT2D eigenvalue weighted by atomic mass is 10.2. The SMILES string of the molecule is COc1cccc(C(=O)NNC(=S)NCc2ccccc2)c1. The first kappa shape index (κ1) is 15.8. The van der Waals surface area contributed by atoms with E-state index in [0.29, 0.717) is 23.0 Å². The monoisotopic (exact) mass is 315 g/mol. The van der Waals surface area contributed by atoms with Gasteiger partial charge in [-0.2, -0.15) is 0 Å². The normalized spacial score (nSPS) is 9.68. The van der Waals surface area contributed by atoms with Gasteiger partial charge in [0, 0.05) is 12.1 Å². The molecule has 0 aliphatic heterocycles. The van der Waals surface area contributed by atoms with E-state index < -0.39 is 0 Å². The van der Waals surface area contributed by atoms with Crippen molar-refractivity contribution in [2.45, 2.75) is 6.54 Å². The van der Waals surface area contributed by atoms with Crippen LogP contribution >= 0.6 is 12.2 Å². The molecule has 2 aromatic rings. The lowest BCUT2D eigenvalue weighted by Gasteiger charge is -2.12. The van der Waals surface area contributed by atoms with Crippen LogP contribution in [0.4, 0.5) is 0 Å². The van der Waals surface area contributed by atoms with Crippen molar-refractivity contribution >= 4 is 23.2 Å². The molecule has 0 bridgehead atoms. The number of benzene rings is 2. The second kappa shape index (κ2) is 7.99. The molecule has 0 unspecified atom stereocenters. The van der Waals surface area contributed by atoms with Gasteiger partial charge in [0.05, 0.1) is 7.11 Å². The largest absolute Gasteiger partial charge is 0.497 e. The molecule has 5 nitrogen and oxygen atoms in total. The molecule has 0 aliphatic rings. The molecule has 3 N–H and O–H groups in total. The lowest BCUT2D eigenvalue weighted by molar-refractivity contribution is 0.0943. The quantitative estimate of drug-likeness (QED) is 0.595. The minimum atomic E-state index is -0.289. The van der Waals surface area contributed by atoms with E-state index in [9.17, 15) is 4.79 Å². The number of carbonyl (C=O) groups is 1. The summed E-state index contributed by atoms with van der Waals surface area (Å²) in [7, 11) is 1.55. The summed E-state index contributed by atoms with van der Waals surface area (Å²) in [5.74, 6) is 0.334. The maximum Gasteiger partial charge on any atom is 0.269 e. The highest BCUT2D eigenvalue weighted by Crippen LogP contribution is 2.11. The Kier molecular flexibility index (Phi) is 5.73. The van der Waals surface area contributed by atoms with E-state index >= 15 is 0 Å². The molecule has 114 valence electrons. The molecule has 0 fully saturated rings. The van der Waals surface area contributed by atoms with E-state index in [-0.39, 0.29) is 5.91 Å². The number of carbonyl (C=O) groups excluding carboxylic acids is 1. The van der Waals surface area contributed by atoms with Gasteiger partial charge in [-0.25, -0.2) is 0 Å². The van der Waals surface area contributed by atoms with Crippen LogP contribution in [-0.4, -0.2) is 18.1 Å². The van der Waals surface area contributed by atoms with Crippen LogP contribution in [0.3, 0.4) is 0 Å². The van der Waals surface area contributed by atoms with Gasteiger partial charge in [0.2, 0.25) is 0 Å². The first-order valence-electron chi connectivity index (χ1n) is 6.71. The molecule has 1 amide bonds. The summed E-state index contributed by atoms with van der Waals surface area (Å²) in [5.41, 5.74) is 6.79. The highest BCUT2D eigenvalue weighted by molar-refractivity contribution is 7.80. The molecule has 0 aliphatic carbocycles. The van der Waals surface area contributed by atoms with Crippen molar-refractivity contribution in [2.75, 3.05) is 7.11 Å². The second-order valence-electron chi connectivity index (χ2n) is 4.48. The molecule has 2 rings (SSSR count). The Balaban J connectivity index is 1.79. The maximum absolute atomic E-state index is 12.0. The number of rotatable bonds is 4. The molecule has 0 saturated carbocycles. The Bertz CT molecular complexity index is 647. The topological polar surface area (TPSA) is 62.4 Å². The third-order valence-electron chi connectivity index (χ3n) is 2.92. The number of ether oxygens (including phenoxy) is 1. The van der Waals surface area contributed by atoms with Crippen molar-refractivity contribution in [3.63, 3.8) is 0 Å². The highest BCUT2D eigenvalue weighted by atomic mass is 32.1. The third kappa shape index (κ3) is 4.75. The molecule has 0 saturated heterocycles. The van der Waals surface area contributed by atoms with Crippen LogP contribution in [0.25, 0.3) is 0 Å². The molecule has 0 heterocycles. The molecule has 0 spiro atoms. The lowest BCUT2D eigenvalue weighted by Crippen LogP contribution is -2.46. The van der Waals surface area contributed by atoms with Crippen molar-refractivity contribution < 1.29 is 9.53 Å². The van der Waals surface area contributed by atoms with E-state index in [2.05, 4.69) is 16.2 Å². The number of thiocarbonyl (C=S) groups is 1. The Morgan fingerprint density at radius 1 is 1.09 bits per heavy atom. The summed E-state index contributed by atoms with van der Waals surface area (Å²) in [6.07, 6.45) is 0. The van der Waals surface area contributed by atoms with Gasteiger partial charge in [-0.3, -0.25) is 15.6 Å². The van der Waals surface area contributed by atoms with Crippen LogP contribution < -0.4 is 20.9 Å². The van der Waals surface area contributed by atoms with Gasteiger partial charge in [0.25, 0.3) is 5.91 Å². The van der Waals surface area contributed by atoms with Gasteiger partial charge in [-0.1, -0.05) is 36.4 Å². The second-order valence-corrected chi connectivity index (χ2v) is 4.89. The van der Waals surface area contributed by atoms with Gasteiger partial charge in [-0.05, 0) is 36.0 Å². The number of hydrazine groups is 1. The van der Waals surface area contributed by atoms with E-state index in [1.54, 1.807) is 31.4 Å². The van der Waals surface area contributed by atoms with Crippen LogP contribution in [-0.2, 0) is 6.54 Å². The van der Waals surface area contributed by atoms with Gasteiger partial charge in [0.1, 0.15) is 5.75 Å². The Morgan fingerprint density at radius 3 is 2.59 bits per heavy atom. The average molecular weight is 315 g/mol. The maximum atomic E-state index is 12.0. The zero-order valence-corrected chi connectivity index (χ0v) is 12.9. The van der Waals surface area contributed by atoms with Gasteiger partial charge in [0.15, 0.2) is 5.11 Å². The molecule has 2 aromatic carbocycles. The summed E-state index contributed by atoms with van der Waals surface area (Å²) in [6, 6.07) is 16.7. The van der Waals surface area contributed by atoms with E-state index in [1.165, 1.54) is 0 Å². The predicted octanol–water partition coefficient (Wildman–Crippen LogP) is 2.00. The highest BCUT2D eigenvalue weighted by Gasteiger charge is 2.06. The van der Waals surface area contributed by atoms with Gasteiger partial charge >= 0.3 is 0 Å². The molecule has 0 radical (unpaired) electrons. The summed E-state index contributed by atoms with van der Waals surface area (Å²) in [4.78, 5) is 12.0. The number of methoxy groups -OCH3 is 1. The molecule has 0 atom stereocenters. The first-order chi connectivity index (χ1) is 10.7. The predicted molar refractivity (Wildman–Crippen MR) is 89.5 cm³/mol. The van der Waals surface area contributed by atoms with Crippen molar-refractivity contribution in [3.8, 4) is 5.75 Å². The summed E-state index contributed by atoms with van der Waals surface area (Å²) in [5, 5.41) is 3.36. The fourth-order valence-electron chi connectivity index (χ4n) is 1.77. The third-order valence-corrected chi connectivity index (χ3v) is 3.16. The Hall–Kier alpha value is -2.60. The fourth-order valence-corrected chi connectivity index (χ4v) is 1.90. The van der Waals surface area contributed by atoms with E-state index in [1.807, 2.05) is 30.3 Å². The molecular formula is C16H17N3O2S. The fraction of sp³-hybridized carbons (Fsp3) is 0.125. The number of nitrogens with one attached hydrogen (secondary N) is 3. The summed E-state index contributed by atoms with van der Waals surface area (Å²) >= 11 is 5.11. The Labute approximate surface area is 134 Å². The standard InChI is InChI=1S/C16H17N3O2S/c1-21-14-9-5-8-13(10-14)15(20)18-19-16(22)17-11-12-6-3-2-4-7-12/h2-10H,11H2,1H3,(H,18,20)(H2,17,19,22). The van der Waals surface area contributed by atoms with Crippen molar-refractivity contribution in [1.82, 2.24) is 16.2 Å². The van der Waals surface area contributed by atoms with Crippen LogP contribution in [0.1, 0.15) is 15.9 Å². The molecule has 6 heteroatoms. The average Bonchev–Trinajstić information content (AvgIpc) is 2.58. The van der Waals surface area contributed by atoms with E-state index in [0.717, 1.165) is 5.56 Å². The van der Waals surface area contributed by atoms with Crippen LogP contribution in [0, 0.1) is 0 Å². The summed E-state index contributed by atoms with van der Waals surface area (Å²) in [6.45, 7) is 0.585. The number of hydrogen-bond donors (Lipinski definition) is 3. The van der Waals surface area contributed by atoms with E-state index in [4.69, 9.17) is 17.0 Å². The molecule has 0 aromatic heterocycles. The van der Waals surface area contributed by atoms with Crippen LogP contribution in [0.2, 0.25) is 0 Å². The first-order valence-corrected chi connectivity index (χ1v) is 7.12.